The standard InChI is InChI=1S/C26H33N5O4S/c1-6-31-23(11-8-14-27-25(33)19-10-7-9-17(2)15-19)29-30-26(31)36-18(3)24(32)28-21-13-12-20(34-4)16-22(21)35-5/h7,9-10,12-13,15-16,18H,6,8,11,14H2,1-5H3,(H,27,33)(H,28,32). The molecule has 9 nitrogen and oxygen atoms in total. The highest BCUT2D eigenvalue weighted by Gasteiger charge is 2.21. The van der Waals surface area contributed by atoms with Crippen molar-refractivity contribution >= 4 is 29.3 Å². The highest BCUT2D eigenvalue weighted by atomic mass is 32.2. The predicted molar refractivity (Wildman–Crippen MR) is 141 cm³/mol. The lowest BCUT2D eigenvalue weighted by atomic mass is 10.1. The highest BCUT2D eigenvalue weighted by Crippen LogP contribution is 2.30. The Morgan fingerprint density at radius 2 is 1.92 bits per heavy atom. The second kappa shape index (κ2) is 13.0. The summed E-state index contributed by atoms with van der Waals surface area (Å²) in [5.41, 5.74) is 2.28. The largest absolute Gasteiger partial charge is 0.497 e. The maximum Gasteiger partial charge on any atom is 0.251 e. The Hall–Kier alpha value is -3.53. The van der Waals surface area contributed by atoms with Crippen molar-refractivity contribution in [3.63, 3.8) is 0 Å². The number of benzene rings is 2. The minimum absolute atomic E-state index is 0.0831. The molecule has 0 fully saturated rings. The zero-order chi connectivity index (χ0) is 26.1. The molecule has 3 rings (SSSR count). The van der Waals surface area contributed by atoms with E-state index in [0.29, 0.717) is 47.4 Å². The molecule has 2 N–H and O–H groups in total. The number of ether oxygens (including phenoxy) is 2. The normalized spacial score (nSPS) is 11.6. The van der Waals surface area contributed by atoms with E-state index in [9.17, 15) is 9.59 Å². The maximum atomic E-state index is 12.8. The van der Waals surface area contributed by atoms with Gasteiger partial charge in [0.15, 0.2) is 5.16 Å². The number of carbonyl (C=O) groups excluding carboxylic acids is 2. The molecular weight excluding hydrogens is 478 g/mol. The number of rotatable bonds is 12. The van der Waals surface area contributed by atoms with E-state index in [1.54, 1.807) is 32.4 Å². The van der Waals surface area contributed by atoms with Crippen molar-refractivity contribution in [2.45, 2.75) is 50.6 Å². The summed E-state index contributed by atoms with van der Waals surface area (Å²) < 4.78 is 12.6. The minimum Gasteiger partial charge on any atom is -0.497 e. The summed E-state index contributed by atoms with van der Waals surface area (Å²) in [6.07, 6.45) is 1.40. The van der Waals surface area contributed by atoms with Crippen LogP contribution in [0.1, 0.15) is 42.0 Å². The van der Waals surface area contributed by atoms with Crippen LogP contribution < -0.4 is 20.1 Å². The zero-order valence-electron chi connectivity index (χ0n) is 21.3. The smallest absolute Gasteiger partial charge is 0.251 e. The maximum absolute atomic E-state index is 12.8. The Balaban J connectivity index is 1.54. The van der Waals surface area contributed by atoms with Crippen LogP contribution in [-0.2, 0) is 17.8 Å². The second-order valence-corrected chi connectivity index (χ2v) is 9.50. The summed E-state index contributed by atoms with van der Waals surface area (Å²) in [7, 11) is 3.12. The minimum atomic E-state index is -0.409. The van der Waals surface area contributed by atoms with Crippen LogP contribution in [0.5, 0.6) is 11.5 Å². The fourth-order valence-corrected chi connectivity index (χ4v) is 4.53. The summed E-state index contributed by atoms with van der Waals surface area (Å²) in [5.74, 6) is 1.74. The number of anilines is 1. The van der Waals surface area contributed by atoms with Gasteiger partial charge in [0, 0.05) is 31.1 Å². The molecule has 0 aliphatic heterocycles. The molecule has 0 aliphatic rings. The summed E-state index contributed by atoms with van der Waals surface area (Å²) in [6.45, 7) is 7.02. The van der Waals surface area contributed by atoms with Gasteiger partial charge in [0.2, 0.25) is 5.91 Å². The van der Waals surface area contributed by atoms with Crippen molar-refractivity contribution in [3.05, 3.63) is 59.4 Å². The molecule has 1 atom stereocenters. The topological polar surface area (TPSA) is 107 Å². The summed E-state index contributed by atoms with van der Waals surface area (Å²) in [4.78, 5) is 25.2. The summed E-state index contributed by atoms with van der Waals surface area (Å²) >= 11 is 1.35. The van der Waals surface area contributed by atoms with Crippen molar-refractivity contribution in [2.75, 3.05) is 26.1 Å². The van der Waals surface area contributed by atoms with Gasteiger partial charge < -0.3 is 24.7 Å². The van der Waals surface area contributed by atoms with Crippen LogP contribution in [0, 0.1) is 6.92 Å². The van der Waals surface area contributed by atoms with Gasteiger partial charge in [-0.05, 0) is 51.5 Å². The number of aryl methyl sites for hydroxylation is 2. The van der Waals surface area contributed by atoms with Gasteiger partial charge in [0.1, 0.15) is 17.3 Å². The van der Waals surface area contributed by atoms with Gasteiger partial charge in [-0.2, -0.15) is 0 Å². The Morgan fingerprint density at radius 1 is 1.11 bits per heavy atom. The van der Waals surface area contributed by atoms with Crippen LogP contribution in [0.2, 0.25) is 0 Å². The first kappa shape index (κ1) is 27.1. The quantitative estimate of drug-likeness (QED) is 0.278. The van der Waals surface area contributed by atoms with E-state index in [-0.39, 0.29) is 11.8 Å². The van der Waals surface area contributed by atoms with Crippen molar-refractivity contribution < 1.29 is 19.1 Å². The summed E-state index contributed by atoms with van der Waals surface area (Å²) in [6, 6.07) is 12.7. The SMILES string of the molecule is CCn1c(CCCNC(=O)c2cccc(C)c2)nnc1SC(C)C(=O)Nc1ccc(OC)cc1OC. The van der Waals surface area contributed by atoms with Gasteiger partial charge >= 0.3 is 0 Å². The van der Waals surface area contributed by atoms with Crippen molar-refractivity contribution in [3.8, 4) is 11.5 Å². The van der Waals surface area contributed by atoms with Crippen molar-refractivity contribution in [1.29, 1.82) is 0 Å². The third kappa shape index (κ3) is 7.00. The van der Waals surface area contributed by atoms with Crippen LogP contribution in [0.3, 0.4) is 0 Å². The van der Waals surface area contributed by atoms with Gasteiger partial charge in [-0.15, -0.1) is 10.2 Å². The van der Waals surface area contributed by atoms with Crippen molar-refractivity contribution in [2.24, 2.45) is 0 Å². The van der Waals surface area contributed by atoms with Gasteiger partial charge in [0.05, 0.1) is 25.2 Å². The number of nitrogens with one attached hydrogen (secondary N) is 2. The number of nitrogens with zero attached hydrogens (tertiary/aromatic N) is 3. The molecule has 192 valence electrons. The second-order valence-electron chi connectivity index (χ2n) is 8.19. The lowest BCUT2D eigenvalue weighted by Crippen LogP contribution is -2.25. The third-order valence-corrected chi connectivity index (χ3v) is 6.65. The summed E-state index contributed by atoms with van der Waals surface area (Å²) in [5, 5.41) is 14.8. The van der Waals surface area contributed by atoms with E-state index in [1.807, 2.05) is 49.6 Å². The third-order valence-electron chi connectivity index (χ3n) is 5.57. The number of hydrogen-bond acceptors (Lipinski definition) is 7. The van der Waals surface area contributed by atoms with E-state index in [0.717, 1.165) is 17.8 Å². The predicted octanol–water partition coefficient (Wildman–Crippen LogP) is 4.11. The molecule has 0 radical (unpaired) electrons. The van der Waals surface area contributed by atoms with Crippen LogP contribution >= 0.6 is 11.8 Å². The Labute approximate surface area is 216 Å². The molecular formula is C26H33N5O4S. The zero-order valence-corrected chi connectivity index (χ0v) is 22.1. The monoisotopic (exact) mass is 511 g/mol. The van der Waals surface area contributed by atoms with E-state index in [4.69, 9.17) is 9.47 Å². The van der Waals surface area contributed by atoms with Gasteiger partial charge in [-0.25, -0.2) is 0 Å². The van der Waals surface area contributed by atoms with Gasteiger partial charge in [-0.1, -0.05) is 29.5 Å². The molecule has 2 aromatic carbocycles. The molecule has 0 saturated carbocycles. The highest BCUT2D eigenvalue weighted by molar-refractivity contribution is 8.00. The molecule has 3 aromatic rings. The fraction of sp³-hybridized carbons (Fsp3) is 0.385. The lowest BCUT2D eigenvalue weighted by Gasteiger charge is -2.15. The first-order valence-electron chi connectivity index (χ1n) is 11.8. The molecule has 2 amide bonds. The Kier molecular flexibility index (Phi) is 9.75. The van der Waals surface area contributed by atoms with Gasteiger partial charge in [-0.3, -0.25) is 9.59 Å². The van der Waals surface area contributed by atoms with E-state index < -0.39 is 5.25 Å². The lowest BCUT2D eigenvalue weighted by molar-refractivity contribution is -0.115. The molecule has 36 heavy (non-hydrogen) atoms. The average Bonchev–Trinajstić information content (AvgIpc) is 3.27. The Morgan fingerprint density at radius 3 is 2.61 bits per heavy atom. The average molecular weight is 512 g/mol. The van der Waals surface area contributed by atoms with Crippen LogP contribution in [0.4, 0.5) is 5.69 Å². The first-order valence-corrected chi connectivity index (χ1v) is 12.7. The fourth-order valence-electron chi connectivity index (χ4n) is 3.59. The number of methoxy groups -OCH3 is 2. The number of thioether (sulfide) groups is 1. The molecule has 0 spiro atoms. The number of aromatic nitrogens is 3. The molecule has 1 aromatic heterocycles. The number of amides is 2. The number of carbonyl (C=O) groups is 2. The Bertz CT molecular complexity index is 1200. The van der Waals surface area contributed by atoms with Gasteiger partial charge in [0.25, 0.3) is 5.91 Å². The first-order chi connectivity index (χ1) is 17.4. The van der Waals surface area contributed by atoms with E-state index >= 15 is 0 Å². The molecule has 1 unspecified atom stereocenters. The molecule has 0 bridgehead atoms. The van der Waals surface area contributed by atoms with Crippen LogP contribution in [0.15, 0.2) is 47.6 Å². The number of hydrogen-bond donors (Lipinski definition) is 2. The van der Waals surface area contributed by atoms with Crippen molar-refractivity contribution in [1.82, 2.24) is 20.1 Å². The molecule has 0 aliphatic carbocycles. The van der Waals surface area contributed by atoms with Crippen LogP contribution in [-0.4, -0.2) is 52.6 Å². The molecule has 0 saturated heterocycles. The molecule has 1 heterocycles. The van der Waals surface area contributed by atoms with E-state index in [2.05, 4.69) is 20.8 Å². The van der Waals surface area contributed by atoms with E-state index in [1.165, 1.54) is 11.8 Å². The van der Waals surface area contributed by atoms with Crippen LogP contribution in [0.25, 0.3) is 0 Å². The molecule has 10 heteroatoms.